The molecule has 4 heteroatoms. The fourth-order valence-electron chi connectivity index (χ4n) is 0.774. The van der Waals surface area contributed by atoms with Gasteiger partial charge in [0, 0.05) is 24.6 Å². The summed E-state index contributed by atoms with van der Waals surface area (Å²) in [4.78, 5) is 0. The van der Waals surface area contributed by atoms with E-state index in [2.05, 4.69) is 6.07 Å². The van der Waals surface area contributed by atoms with Gasteiger partial charge in [-0.1, -0.05) is 6.42 Å². The molecule has 0 aliphatic heterocycles. The van der Waals surface area contributed by atoms with Crippen LogP contribution in [0.1, 0.15) is 44.9 Å². The van der Waals surface area contributed by atoms with Crippen molar-refractivity contribution in [3.8, 4) is 12.1 Å². The molecule has 0 radical (unpaired) electrons. The molecule has 0 aliphatic rings. The highest BCUT2D eigenvalue weighted by Gasteiger charge is 1.84. The molecule has 0 bridgehead atoms. The summed E-state index contributed by atoms with van der Waals surface area (Å²) >= 11 is 10.7. The minimum atomic E-state index is 0.646. The van der Waals surface area contributed by atoms with Crippen LogP contribution in [0.3, 0.4) is 0 Å². The van der Waals surface area contributed by atoms with Crippen LogP contribution in [0, 0.1) is 22.7 Å². The molecule has 0 unspecified atom stereocenters. The number of hydrogen-bond donors (Lipinski definition) is 0. The molecule has 0 saturated carbocycles. The Labute approximate surface area is 103 Å². The highest BCUT2D eigenvalue weighted by atomic mass is 35.5. The molecule has 0 spiro atoms. The summed E-state index contributed by atoms with van der Waals surface area (Å²) in [6.07, 6.45) is 6.38. The van der Waals surface area contributed by atoms with Gasteiger partial charge in [0.25, 0.3) is 0 Å². The van der Waals surface area contributed by atoms with Crippen LogP contribution >= 0.6 is 23.2 Å². The maximum absolute atomic E-state index is 8.08. The van der Waals surface area contributed by atoms with E-state index in [9.17, 15) is 0 Å². The first-order chi connectivity index (χ1) is 7.33. The van der Waals surface area contributed by atoms with E-state index in [1.807, 2.05) is 6.07 Å². The number of rotatable bonds is 7. The summed E-state index contributed by atoms with van der Waals surface area (Å²) in [5.74, 6) is 1.41. The molecule has 0 heterocycles. The maximum Gasteiger partial charge on any atom is 0.0621 e. The molecule has 15 heavy (non-hydrogen) atoms. The summed E-state index contributed by atoms with van der Waals surface area (Å²) < 4.78 is 0. The van der Waals surface area contributed by atoms with Gasteiger partial charge in [0.05, 0.1) is 12.1 Å². The highest BCUT2D eigenvalue weighted by molar-refractivity contribution is 6.18. The Hall–Kier alpha value is -0.440. The maximum atomic E-state index is 8.08. The third-order valence-corrected chi connectivity index (χ3v) is 2.13. The van der Waals surface area contributed by atoms with Crippen LogP contribution in [0.2, 0.25) is 0 Å². The number of alkyl halides is 2. The van der Waals surface area contributed by atoms with Crippen LogP contribution in [0.4, 0.5) is 0 Å². The zero-order valence-electron chi connectivity index (χ0n) is 9.01. The Kier molecular flexibility index (Phi) is 21.7. The monoisotopic (exact) mass is 248 g/mol. The number of nitriles is 2. The standard InChI is InChI=1S/C6H10ClN.C5H8ClN/c7-5-3-1-2-4-6-8;6-4-2-1-3-5-7/h1-5H2;1-4H2. The van der Waals surface area contributed by atoms with Crippen molar-refractivity contribution in [2.24, 2.45) is 0 Å². The summed E-state index contributed by atoms with van der Waals surface area (Å²) in [6, 6.07) is 4.13. The van der Waals surface area contributed by atoms with E-state index < -0.39 is 0 Å². The van der Waals surface area contributed by atoms with Crippen molar-refractivity contribution < 1.29 is 0 Å². The van der Waals surface area contributed by atoms with Gasteiger partial charge in [0.2, 0.25) is 0 Å². The third-order valence-electron chi connectivity index (χ3n) is 1.59. The predicted octanol–water partition coefficient (Wildman–Crippen LogP) is 4.23. The first-order valence-corrected chi connectivity index (χ1v) is 6.26. The minimum absolute atomic E-state index is 0.646. The first-order valence-electron chi connectivity index (χ1n) is 5.19. The zero-order valence-corrected chi connectivity index (χ0v) is 10.5. The van der Waals surface area contributed by atoms with Crippen molar-refractivity contribution in [1.29, 1.82) is 10.5 Å². The summed E-state index contributed by atoms with van der Waals surface area (Å²) in [7, 11) is 0. The molecular formula is C11H18Cl2N2. The second-order valence-corrected chi connectivity index (χ2v) is 3.72. The van der Waals surface area contributed by atoms with Gasteiger partial charge in [-0.05, 0) is 25.7 Å². The fourth-order valence-corrected chi connectivity index (χ4v) is 1.15. The molecule has 0 atom stereocenters. The van der Waals surface area contributed by atoms with E-state index in [1.54, 1.807) is 0 Å². The lowest BCUT2D eigenvalue weighted by atomic mass is 10.2. The lowest BCUT2D eigenvalue weighted by Gasteiger charge is -1.88. The molecule has 2 nitrogen and oxygen atoms in total. The van der Waals surface area contributed by atoms with Crippen LogP contribution < -0.4 is 0 Å². The van der Waals surface area contributed by atoms with Crippen molar-refractivity contribution in [3.05, 3.63) is 0 Å². The van der Waals surface area contributed by atoms with Crippen LogP contribution in [0.25, 0.3) is 0 Å². The van der Waals surface area contributed by atoms with E-state index in [0.29, 0.717) is 18.7 Å². The van der Waals surface area contributed by atoms with Crippen LogP contribution in [0.15, 0.2) is 0 Å². The molecule has 0 saturated heterocycles. The van der Waals surface area contributed by atoms with E-state index in [0.717, 1.165) is 38.0 Å². The number of halogens is 2. The second-order valence-electron chi connectivity index (χ2n) is 2.96. The summed E-state index contributed by atoms with van der Waals surface area (Å²) in [5.41, 5.74) is 0. The topological polar surface area (TPSA) is 47.6 Å². The van der Waals surface area contributed by atoms with E-state index in [-0.39, 0.29) is 0 Å². The van der Waals surface area contributed by atoms with Crippen LogP contribution in [-0.4, -0.2) is 11.8 Å². The molecule has 0 fully saturated rings. The molecule has 0 amide bonds. The average molecular weight is 249 g/mol. The second kappa shape index (κ2) is 19.2. The Morgan fingerprint density at radius 3 is 1.47 bits per heavy atom. The highest BCUT2D eigenvalue weighted by Crippen LogP contribution is 1.98. The van der Waals surface area contributed by atoms with Gasteiger partial charge in [0.1, 0.15) is 0 Å². The summed E-state index contributed by atoms with van der Waals surface area (Å²) in [5, 5.41) is 16.1. The molecule has 0 aromatic carbocycles. The SMILES string of the molecule is N#CCCCCCCl.N#CCCCCCl. The van der Waals surface area contributed by atoms with Gasteiger partial charge < -0.3 is 0 Å². The van der Waals surface area contributed by atoms with Gasteiger partial charge >= 0.3 is 0 Å². The third kappa shape index (κ3) is 24.7. The molecule has 0 aromatic heterocycles. The molecule has 0 aliphatic carbocycles. The quantitative estimate of drug-likeness (QED) is 0.500. The Bertz CT molecular complexity index is 182. The summed E-state index contributed by atoms with van der Waals surface area (Å²) in [6.45, 7) is 0. The molecule has 86 valence electrons. The predicted molar refractivity (Wildman–Crippen MR) is 65.0 cm³/mol. The van der Waals surface area contributed by atoms with E-state index in [1.165, 1.54) is 0 Å². The Balaban J connectivity index is 0. The number of hydrogen-bond acceptors (Lipinski definition) is 2. The average Bonchev–Trinajstić information content (AvgIpc) is 2.26. The van der Waals surface area contributed by atoms with Gasteiger partial charge in [0.15, 0.2) is 0 Å². The van der Waals surface area contributed by atoms with Crippen LogP contribution in [0.5, 0.6) is 0 Å². The van der Waals surface area contributed by atoms with Crippen molar-refractivity contribution in [2.75, 3.05) is 11.8 Å². The first kappa shape index (κ1) is 17.0. The molecule has 0 aromatic rings. The zero-order chi connectivity index (χ0) is 11.8. The van der Waals surface area contributed by atoms with Gasteiger partial charge in [-0.25, -0.2) is 0 Å². The van der Waals surface area contributed by atoms with Crippen molar-refractivity contribution in [2.45, 2.75) is 44.9 Å². The van der Waals surface area contributed by atoms with Gasteiger partial charge in [-0.15, -0.1) is 23.2 Å². The number of unbranched alkanes of at least 4 members (excludes halogenated alkanes) is 5. The smallest absolute Gasteiger partial charge is 0.0621 e. The normalized spacial score (nSPS) is 8.27. The minimum Gasteiger partial charge on any atom is -0.198 e. The fraction of sp³-hybridized carbons (Fsp3) is 0.818. The van der Waals surface area contributed by atoms with Gasteiger partial charge in [-0.2, -0.15) is 10.5 Å². The van der Waals surface area contributed by atoms with E-state index in [4.69, 9.17) is 33.7 Å². The molecule has 0 N–H and O–H groups in total. The lowest BCUT2D eigenvalue weighted by molar-refractivity contribution is 0.737. The Morgan fingerprint density at radius 1 is 0.667 bits per heavy atom. The lowest BCUT2D eigenvalue weighted by Crippen LogP contribution is -1.75. The van der Waals surface area contributed by atoms with Crippen LogP contribution in [-0.2, 0) is 0 Å². The molecular weight excluding hydrogens is 231 g/mol. The largest absolute Gasteiger partial charge is 0.198 e. The van der Waals surface area contributed by atoms with Crippen molar-refractivity contribution in [3.63, 3.8) is 0 Å². The molecule has 0 rings (SSSR count). The van der Waals surface area contributed by atoms with Gasteiger partial charge in [-0.3, -0.25) is 0 Å². The van der Waals surface area contributed by atoms with Crippen molar-refractivity contribution in [1.82, 2.24) is 0 Å². The van der Waals surface area contributed by atoms with E-state index >= 15 is 0 Å². The Morgan fingerprint density at radius 2 is 1.07 bits per heavy atom. The van der Waals surface area contributed by atoms with Crippen molar-refractivity contribution >= 4 is 23.2 Å². The number of nitrogens with zero attached hydrogens (tertiary/aromatic N) is 2.